The van der Waals surface area contributed by atoms with Crippen LogP contribution in [0.4, 0.5) is 11.6 Å². The first-order valence-electron chi connectivity index (χ1n) is 27.5. The molecule has 0 radical (unpaired) electrons. The van der Waals surface area contributed by atoms with E-state index in [-0.39, 0.29) is 24.1 Å². The molecule has 2 aromatic carbocycles. The molecule has 7 heterocycles. The Morgan fingerprint density at radius 3 is 1.47 bits per heavy atom. The lowest BCUT2D eigenvalue weighted by molar-refractivity contribution is -0.141. The summed E-state index contributed by atoms with van der Waals surface area (Å²) in [6.07, 6.45) is 10.8. The molecule has 4 atom stereocenters. The second-order valence-electron chi connectivity index (χ2n) is 21.8. The summed E-state index contributed by atoms with van der Waals surface area (Å²) in [5.41, 5.74) is 8.16. The average Bonchev–Trinajstić information content (AvgIpc) is 3.98. The van der Waals surface area contributed by atoms with Gasteiger partial charge < -0.3 is 47.8 Å². The van der Waals surface area contributed by atoms with Gasteiger partial charge in [0.15, 0.2) is 6.29 Å². The van der Waals surface area contributed by atoms with E-state index in [2.05, 4.69) is 130 Å². The molecule has 18 nitrogen and oxygen atoms in total. The lowest BCUT2D eigenvalue weighted by Crippen LogP contribution is -2.57. The number of benzene rings is 2. The molecule has 2 aromatic heterocycles. The zero-order chi connectivity index (χ0) is 53.2. The first-order chi connectivity index (χ1) is 36.8. The van der Waals surface area contributed by atoms with Crippen LogP contribution in [0.25, 0.3) is 0 Å². The van der Waals surface area contributed by atoms with Crippen molar-refractivity contribution < 1.29 is 38.0 Å². The second kappa shape index (κ2) is 25.3. The van der Waals surface area contributed by atoms with Crippen LogP contribution < -0.4 is 19.3 Å². The number of fused-ring (bicyclic) bond motifs is 2. The van der Waals surface area contributed by atoms with Crippen molar-refractivity contribution in [2.24, 2.45) is 9.98 Å². The molecule has 18 heteroatoms. The molecule has 4 aromatic rings. The number of methoxy groups -OCH3 is 2. The molecule has 7 aliphatic rings. The molecule has 11 rings (SSSR count). The number of carbonyl (C=O) groups is 1. The van der Waals surface area contributed by atoms with Crippen LogP contribution in [-0.2, 0) is 41.6 Å². The highest BCUT2D eigenvalue weighted by Gasteiger charge is 2.41. The first-order valence-corrected chi connectivity index (χ1v) is 27.5. The fraction of sp³-hybridized carbons (Fsp3) is 0.603. The molecule has 0 N–H and O–H groups in total. The Labute approximate surface area is 449 Å². The lowest BCUT2D eigenvalue weighted by Gasteiger charge is -2.45. The topological polar surface area (TPSA) is 171 Å². The van der Waals surface area contributed by atoms with E-state index < -0.39 is 0 Å². The Kier molecular flexibility index (Phi) is 18.4. The third kappa shape index (κ3) is 14.2. The summed E-state index contributed by atoms with van der Waals surface area (Å²) in [6.45, 7) is 23.6. The van der Waals surface area contributed by atoms with Crippen molar-refractivity contribution in [3.8, 4) is 11.5 Å². The summed E-state index contributed by atoms with van der Waals surface area (Å²) >= 11 is 0. The summed E-state index contributed by atoms with van der Waals surface area (Å²) in [6, 6.07) is 18.2. The normalized spacial score (nSPS) is 23.1. The van der Waals surface area contributed by atoms with Gasteiger partial charge in [-0.3, -0.25) is 19.8 Å². The van der Waals surface area contributed by atoms with E-state index in [1.165, 1.54) is 24.0 Å². The minimum absolute atomic E-state index is 0.00976. The van der Waals surface area contributed by atoms with Gasteiger partial charge in [-0.2, -0.15) is 0 Å². The van der Waals surface area contributed by atoms with Gasteiger partial charge in [-0.25, -0.2) is 19.9 Å². The molecule has 0 amide bonds. The molecule has 5 aliphatic heterocycles. The predicted octanol–water partition coefficient (Wildman–Crippen LogP) is 6.96. The maximum Gasteiger partial charge on any atom is 0.180 e. The molecule has 0 spiro atoms. The Balaban J connectivity index is 0.000000170. The standard InChI is InChI=1S/C28H39N5O4.C26H33N5O3.C4H8O/c1-19-15-32(16-20(2)33(19)10-11-36-17-26(34-4)35-5)25-13-24(30-18-31-25)27-23-12-22(37-28(3)8-9-28)7-6-21(23)14-29-27;1-18-15-30(16-19(2)31(18)8-10-33-11-9-32)24-13-23(28-17-29-24)25-22-12-21(34-26(3)6-7-26)5-4-20(22)14-27-25;1-2-4-5-3-1/h6-7,12-13,18-20,26H,8-11,14-17H2,1-5H3;4-5,9,12-13,17-19H,6-8,10-11,14-16H2,1-3H3;1-4H2/t19-,20+;18-,19+;. The maximum atomic E-state index is 10.5. The van der Waals surface area contributed by atoms with E-state index in [4.69, 9.17) is 43.1 Å². The number of aromatic nitrogens is 4. The molecule has 3 saturated heterocycles. The number of hydrogen-bond acceptors (Lipinski definition) is 18. The number of hydrogen-bond donors (Lipinski definition) is 0. The average molecular weight is 1050 g/mol. The zero-order valence-corrected chi connectivity index (χ0v) is 46.1. The van der Waals surface area contributed by atoms with Gasteiger partial charge in [-0.05, 0) is 115 Å². The molecule has 2 saturated carbocycles. The van der Waals surface area contributed by atoms with Crippen LogP contribution in [0.3, 0.4) is 0 Å². The summed E-state index contributed by atoms with van der Waals surface area (Å²) in [4.78, 5) is 48.1. The molecule has 5 fully saturated rings. The molecular weight excluding hydrogens is 965 g/mol. The maximum absolute atomic E-state index is 10.5. The fourth-order valence-electron chi connectivity index (χ4n) is 10.7. The van der Waals surface area contributed by atoms with Gasteiger partial charge in [-0.1, -0.05) is 12.1 Å². The first kappa shape index (κ1) is 55.3. The van der Waals surface area contributed by atoms with Crippen LogP contribution in [-0.4, -0.2) is 182 Å². The summed E-state index contributed by atoms with van der Waals surface area (Å²) in [5, 5.41) is 0. The highest BCUT2D eigenvalue weighted by Crippen LogP contribution is 2.42. The van der Waals surface area contributed by atoms with Gasteiger partial charge in [0.05, 0.1) is 55.7 Å². The third-order valence-corrected chi connectivity index (χ3v) is 15.5. The van der Waals surface area contributed by atoms with E-state index in [0.29, 0.717) is 57.1 Å². The number of carbonyl (C=O) groups excluding carboxylic acids is 1. The minimum Gasteiger partial charge on any atom is -0.488 e. The lowest BCUT2D eigenvalue weighted by atomic mass is 10.0. The SMILES string of the molecule is C1CCOC1.COC(COCCN1[C@H](C)CN(c2cc(C3=NCc4ccc(OC5(C)CC5)cc43)ncn2)C[C@@H]1C)OC.C[C@@H]1CN(c2cc(C3=NCc4ccc(OC5(C)CC5)cc43)ncn2)C[C@H](C)N1CCOCC=O. The Bertz CT molecular complexity index is 2610. The van der Waals surface area contributed by atoms with E-state index in [1.807, 2.05) is 0 Å². The van der Waals surface area contributed by atoms with Crippen molar-refractivity contribution >= 4 is 29.3 Å². The molecular formula is C58H80N10O8. The van der Waals surface area contributed by atoms with Gasteiger partial charge in [0.1, 0.15) is 59.9 Å². The summed E-state index contributed by atoms with van der Waals surface area (Å²) < 4.78 is 38.9. The van der Waals surface area contributed by atoms with Crippen LogP contribution >= 0.6 is 0 Å². The Morgan fingerprint density at radius 1 is 0.632 bits per heavy atom. The van der Waals surface area contributed by atoms with E-state index >= 15 is 0 Å². The monoisotopic (exact) mass is 1040 g/mol. The Morgan fingerprint density at radius 2 is 1.08 bits per heavy atom. The van der Waals surface area contributed by atoms with Crippen molar-refractivity contribution in [2.75, 3.05) is 103 Å². The van der Waals surface area contributed by atoms with Crippen molar-refractivity contribution in [2.45, 2.75) is 135 Å². The highest BCUT2D eigenvalue weighted by atomic mass is 16.7. The van der Waals surface area contributed by atoms with Crippen molar-refractivity contribution in [3.05, 3.63) is 94.8 Å². The third-order valence-electron chi connectivity index (χ3n) is 15.5. The number of ether oxygens (including phenoxy) is 7. The van der Waals surface area contributed by atoms with E-state index in [1.54, 1.807) is 26.9 Å². The summed E-state index contributed by atoms with van der Waals surface area (Å²) in [7, 11) is 3.25. The smallest absolute Gasteiger partial charge is 0.180 e. The number of anilines is 2. The summed E-state index contributed by atoms with van der Waals surface area (Å²) in [5.74, 6) is 3.68. The van der Waals surface area contributed by atoms with E-state index in [9.17, 15) is 4.79 Å². The molecule has 0 bridgehead atoms. The van der Waals surface area contributed by atoms with Crippen molar-refractivity contribution in [1.82, 2.24) is 29.7 Å². The molecule has 0 unspecified atom stereocenters. The fourth-order valence-corrected chi connectivity index (χ4v) is 10.7. The van der Waals surface area contributed by atoms with Crippen molar-refractivity contribution in [3.63, 3.8) is 0 Å². The van der Waals surface area contributed by atoms with Gasteiger partial charge >= 0.3 is 0 Å². The number of rotatable bonds is 20. The number of piperazine rings is 2. The number of aldehydes is 1. The second-order valence-corrected chi connectivity index (χ2v) is 21.8. The van der Waals surface area contributed by atoms with Gasteiger partial charge in [0.2, 0.25) is 0 Å². The van der Waals surface area contributed by atoms with Crippen molar-refractivity contribution in [1.29, 1.82) is 0 Å². The van der Waals surface area contributed by atoms with E-state index in [0.717, 1.165) is 142 Å². The van der Waals surface area contributed by atoms with Crippen LogP contribution in [0.1, 0.15) is 114 Å². The minimum atomic E-state index is -0.323. The number of aliphatic imine (C=N–C) groups is 2. The van der Waals surface area contributed by atoms with Crippen LogP contribution in [0.5, 0.6) is 11.5 Å². The van der Waals surface area contributed by atoms with Gasteiger partial charge in [-0.15, -0.1) is 0 Å². The molecule has 410 valence electrons. The number of nitrogens with zero attached hydrogens (tertiary/aromatic N) is 10. The van der Waals surface area contributed by atoms with Crippen LogP contribution in [0, 0.1) is 0 Å². The van der Waals surface area contributed by atoms with Crippen LogP contribution in [0.15, 0.2) is 71.2 Å². The van der Waals surface area contributed by atoms with Gasteiger partial charge in [0, 0.05) is 114 Å². The molecule has 2 aliphatic carbocycles. The predicted molar refractivity (Wildman–Crippen MR) is 293 cm³/mol. The highest BCUT2D eigenvalue weighted by molar-refractivity contribution is 6.15. The quantitative estimate of drug-likeness (QED) is 0.0505. The van der Waals surface area contributed by atoms with Crippen LogP contribution in [0.2, 0.25) is 0 Å². The largest absolute Gasteiger partial charge is 0.488 e. The van der Waals surface area contributed by atoms with Gasteiger partial charge in [0.25, 0.3) is 0 Å². The Hall–Kier alpha value is -5.47. The molecule has 76 heavy (non-hydrogen) atoms. The zero-order valence-electron chi connectivity index (χ0n) is 46.1.